The number of thiazole rings is 1. The van der Waals surface area contributed by atoms with Crippen molar-refractivity contribution in [3.8, 4) is 16.9 Å². The second-order valence-electron chi connectivity index (χ2n) is 6.95. The predicted octanol–water partition coefficient (Wildman–Crippen LogP) is 5.24. The first-order chi connectivity index (χ1) is 14.5. The summed E-state index contributed by atoms with van der Waals surface area (Å²) in [5.74, 6) is -0.214. The minimum atomic E-state index is -0.214. The molecule has 0 saturated heterocycles. The lowest BCUT2D eigenvalue weighted by molar-refractivity contribution is 0.0953. The van der Waals surface area contributed by atoms with Gasteiger partial charge >= 0.3 is 0 Å². The zero-order chi connectivity index (χ0) is 21.1. The van der Waals surface area contributed by atoms with Crippen molar-refractivity contribution >= 4 is 28.8 Å². The average molecular weight is 437 g/mol. The molecule has 0 aliphatic rings. The Hall–Kier alpha value is -2.96. The Morgan fingerprint density at radius 1 is 1.10 bits per heavy atom. The van der Waals surface area contributed by atoms with Crippen LogP contribution in [-0.2, 0) is 6.42 Å². The molecule has 0 saturated carbocycles. The summed E-state index contributed by atoms with van der Waals surface area (Å²) in [5.41, 5.74) is 5.08. The number of benzene rings is 2. The van der Waals surface area contributed by atoms with E-state index in [0.29, 0.717) is 23.0 Å². The van der Waals surface area contributed by atoms with Crippen molar-refractivity contribution in [2.75, 3.05) is 6.54 Å². The maximum absolute atomic E-state index is 12.7. The minimum Gasteiger partial charge on any atom is -0.352 e. The van der Waals surface area contributed by atoms with E-state index < -0.39 is 0 Å². The molecule has 4 aromatic rings. The van der Waals surface area contributed by atoms with E-state index in [1.165, 1.54) is 0 Å². The van der Waals surface area contributed by atoms with E-state index in [2.05, 4.69) is 45.0 Å². The van der Waals surface area contributed by atoms with Crippen LogP contribution < -0.4 is 5.32 Å². The summed E-state index contributed by atoms with van der Waals surface area (Å²) in [5, 5.41) is 10.8. The second kappa shape index (κ2) is 8.81. The highest BCUT2D eigenvalue weighted by molar-refractivity contribution is 7.09. The van der Waals surface area contributed by atoms with Crippen molar-refractivity contribution in [2.24, 2.45) is 0 Å². The van der Waals surface area contributed by atoms with E-state index in [0.717, 1.165) is 33.9 Å². The molecule has 0 bridgehead atoms. The summed E-state index contributed by atoms with van der Waals surface area (Å²) in [6.45, 7) is 4.31. The molecule has 2 aromatic carbocycles. The number of carbonyl (C=O) groups is 1. The number of hydrogen-bond donors (Lipinski definition) is 1. The van der Waals surface area contributed by atoms with Gasteiger partial charge in [0.05, 0.1) is 27.6 Å². The van der Waals surface area contributed by atoms with Gasteiger partial charge in [-0.3, -0.25) is 4.79 Å². The summed E-state index contributed by atoms with van der Waals surface area (Å²) in [6.07, 6.45) is 0.728. The normalized spacial score (nSPS) is 10.9. The molecule has 1 amide bonds. The number of aromatic nitrogens is 3. The molecule has 2 aromatic heterocycles. The van der Waals surface area contributed by atoms with E-state index in [9.17, 15) is 4.79 Å². The van der Waals surface area contributed by atoms with Crippen LogP contribution in [0.3, 0.4) is 0 Å². The molecule has 5 nitrogen and oxygen atoms in total. The molecule has 0 unspecified atom stereocenters. The molecule has 7 heteroatoms. The molecular formula is C23H21ClN4OS. The van der Waals surface area contributed by atoms with Gasteiger partial charge in [0.15, 0.2) is 0 Å². The van der Waals surface area contributed by atoms with Crippen LogP contribution in [0.4, 0.5) is 0 Å². The number of nitrogens with one attached hydrogen (secondary N) is 1. The number of nitrogens with zero attached hydrogens (tertiary/aromatic N) is 3. The van der Waals surface area contributed by atoms with Gasteiger partial charge < -0.3 is 5.32 Å². The van der Waals surface area contributed by atoms with Crippen LogP contribution in [0.25, 0.3) is 16.9 Å². The predicted molar refractivity (Wildman–Crippen MR) is 122 cm³/mol. The van der Waals surface area contributed by atoms with Crippen LogP contribution in [0.5, 0.6) is 0 Å². The third kappa shape index (κ3) is 4.30. The number of aryl methyl sites for hydroxylation is 2. The van der Waals surface area contributed by atoms with Crippen molar-refractivity contribution in [2.45, 2.75) is 20.3 Å². The lowest BCUT2D eigenvalue weighted by atomic mass is 10.1. The number of hydrogen-bond acceptors (Lipinski definition) is 4. The van der Waals surface area contributed by atoms with E-state index in [1.54, 1.807) is 22.9 Å². The van der Waals surface area contributed by atoms with Crippen LogP contribution in [0.1, 0.15) is 26.6 Å². The SMILES string of the molecule is Cc1nc(-c2ccc(CCNC(=O)c3c(C)nn(-c4ccccc4)c3Cl)cc2)cs1. The molecule has 0 atom stereocenters. The van der Waals surface area contributed by atoms with E-state index in [4.69, 9.17) is 11.6 Å². The van der Waals surface area contributed by atoms with Gasteiger partial charge in [-0.05, 0) is 38.0 Å². The molecule has 0 aliphatic carbocycles. The van der Waals surface area contributed by atoms with Crippen molar-refractivity contribution in [1.29, 1.82) is 0 Å². The van der Waals surface area contributed by atoms with Gasteiger partial charge in [0.25, 0.3) is 5.91 Å². The third-order valence-corrected chi connectivity index (χ3v) is 5.92. The Kier molecular flexibility index (Phi) is 5.97. The zero-order valence-electron chi connectivity index (χ0n) is 16.7. The third-order valence-electron chi connectivity index (χ3n) is 4.80. The van der Waals surface area contributed by atoms with Crippen LogP contribution in [0.15, 0.2) is 60.0 Å². The second-order valence-corrected chi connectivity index (χ2v) is 8.37. The first-order valence-corrected chi connectivity index (χ1v) is 10.9. The largest absolute Gasteiger partial charge is 0.352 e. The van der Waals surface area contributed by atoms with Crippen LogP contribution in [0, 0.1) is 13.8 Å². The lowest BCUT2D eigenvalue weighted by Gasteiger charge is -2.07. The summed E-state index contributed by atoms with van der Waals surface area (Å²) >= 11 is 8.11. The first kappa shape index (κ1) is 20.3. The van der Waals surface area contributed by atoms with Gasteiger partial charge in [-0.15, -0.1) is 11.3 Å². The van der Waals surface area contributed by atoms with Crippen molar-refractivity contribution in [1.82, 2.24) is 20.1 Å². The fourth-order valence-corrected chi connectivity index (χ4v) is 4.22. The minimum absolute atomic E-state index is 0.214. The van der Waals surface area contributed by atoms with E-state index >= 15 is 0 Å². The molecular weight excluding hydrogens is 416 g/mol. The molecule has 152 valence electrons. The van der Waals surface area contributed by atoms with Gasteiger partial charge in [-0.25, -0.2) is 9.67 Å². The molecule has 4 rings (SSSR count). The van der Waals surface area contributed by atoms with Gasteiger partial charge in [-0.2, -0.15) is 5.10 Å². The van der Waals surface area contributed by atoms with Crippen LogP contribution in [-0.4, -0.2) is 27.2 Å². The molecule has 0 radical (unpaired) electrons. The average Bonchev–Trinajstić information content (AvgIpc) is 3.32. The Bertz CT molecular complexity index is 1170. The van der Waals surface area contributed by atoms with Gasteiger partial charge in [0.1, 0.15) is 5.15 Å². The monoisotopic (exact) mass is 436 g/mol. The summed E-state index contributed by atoms with van der Waals surface area (Å²) in [4.78, 5) is 17.2. The number of halogens is 1. The van der Waals surface area contributed by atoms with E-state index in [1.807, 2.05) is 37.3 Å². The lowest BCUT2D eigenvalue weighted by Crippen LogP contribution is -2.26. The summed E-state index contributed by atoms with van der Waals surface area (Å²) < 4.78 is 1.59. The number of carbonyl (C=O) groups excluding carboxylic acids is 1. The highest BCUT2D eigenvalue weighted by atomic mass is 35.5. The van der Waals surface area contributed by atoms with Gasteiger partial charge in [0, 0.05) is 17.5 Å². The van der Waals surface area contributed by atoms with Crippen LogP contribution in [0.2, 0.25) is 5.15 Å². The Morgan fingerprint density at radius 2 is 1.83 bits per heavy atom. The Balaban J connectivity index is 1.39. The fourth-order valence-electron chi connectivity index (χ4n) is 3.24. The Morgan fingerprint density at radius 3 is 2.50 bits per heavy atom. The quantitative estimate of drug-likeness (QED) is 0.449. The number of amides is 1. The van der Waals surface area contributed by atoms with Gasteiger partial charge in [-0.1, -0.05) is 54.1 Å². The first-order valence-electron chi connectivity index (χ1n) is 9.63. The van der Waals surface area contributed by atoms with Crippen molar-refractivity contribution < 1.29 is 4.79 Å². The highest BCUT2D eigenvalue weighted by Crippen LogP contribution is 2.24. The van der Waals surface area contributed by atoms with Crippen molar-refractivity contribution in [3.63, 3.8) is 0 Å². The van der Waals surface area contributed by atoms with Gasteiger partial charge in [0.2, 0.25) is 0 Å². The Labute approximate surface area is 184 Å². The molecule has 0 aliphatic heterocycles. The maximum Gasteiger partial charge on any atom is 0.256 e. The summed E-state index contributed by atoms with van der Waals surface area (Å²) in [7, 11) is 0. The van der Waals surface area contributed by atoms with Crippen LogP contribution >= 0.6 is 22.9 Å². The molecule has 0 spiro atoms. The topological polar surface area (TPSA) is 59.8 Å². The smallest absolute Gasteiger partial charge is 0.256 e. The highest BCUT2D eigenvalue weighted by Gasteiger charge is 2.20. The molecule has 1 N–H and O–H groups in total. The standard InChI is InChI=1S/C23H21ClN4OS/c1-15-21(22(24)28(27-15)19-6-4-3-5-7-19)23(29)25-13-12-17-8-10-18(11-9-17)20-14-30-16(2)26-20/h3-11,14H,12-13H2,1-2H3,(H,25,29). The molecule has 0 fully saturated rings. The molecule has 30 heavy (non-hydrogen) atoms. The number of para-hydroxylation sites is 1. The zero-order valence-corrected chi connectivity index (χ0v) is 18.3. The van der Waals surface area contributed by atoms with Crippen molar-refractivity contribution in [3.05, 3.63) is 87.0 Å². The fraction of sp³-hybridized carbons (Fsp3) is 0.174. The number of rotatable bonds is 6. The van der Waals surface area contributed by atoms with E-state index in [-0.39, 0.29) is 5.91 Å². The molecule has 2 heterocycles. The summed E-state index contributed by atoms with van der Waals surface area (Å²) in [6, 6.07) is 17.8. The maximum atomic E-state index is 12.7.